The van der Waals surface area contributed by atoms with Gasteiger partial charge in [0.15, 0.2) is 0 Å². The molecule has 0 aliphatic rings. The highest BCUT2D eigenvalue weighted by molar-refractivity contribution is 4.72. The average Bonchev–Trinajstić information content (AvgIpc) is 2.58. The number of aliphatic hydroxyl groups is 2. The number of ether oxygens (including phenoxy) is 1. The maximum Gasteiger partial charge on any atom is 0.0945 e. The minimum absolute atomic E-state index is 0.183. The first kappa shape index (κ1) is 22.8. The molecule has 0 spiro atoms. The smallest absolute Gasteiger partial charge is 0.0945 e. The topological polar surface area (TPSA) is 61.7 Å². The van der Waals surface area contributed by atoms with E-state index in [4.69, 9.17) is 9.84 Å². The van der Waals surface area contributed by atoms with Gasteiger partial charge in [0.25, 0.3) is 0 Å². The van der Waals surface area contributed by atoms with Crippen molar-refractivity contribution in [3.05, 3.63) is 0 Å². The Morgan fingerprint density at radius 3 is 1.74 bits per heavy atom. The quantitative estimate of drug-likeness (QED) is 0.336. The minimum atomic E-state index is -0.748. The molecule has 0 aromatic heterocycles. The Balaban J connectivity index is 3.18. The van der Waals surface area contributed by atoms with E-state index in [1.54, 1.807) is 7.05 Å². The molecule has 4 nitrogen and oxygen atoms in total. The Morgan fingerprint density at radius 2 is 1.30 bits per heavy atom. The molecule has 0 rings (SSSR count). The van der Waals surface area contributed by atoms with Crippen LogP contribution in [0.3, 0.4) is 0 Å². The molecule has 0 radical (unpaired) electrons. The molecule has 0 saturated carbocycles. The van der Waals surface area contributed by atoms with E-state index in [9.17, 15) is 5.11 Å². The van der Waals surface area contributed by atoms with Gasteiger partial charge in [0, 0.05) is 6.61 Å². The lowest BCUT2D eigenvalue weighted by Crippen LogP contribution is -2.43. The zero-order valence-corrected chi connectivity index (χ0v) is 15.6. The van der Waals surface area contributed by atoms with Gasteiger partial charge < -0.3 is 20.3 Å². The third-order valence-electron chi connectivity index (χ3n) is 4.46. The lowest BCUT2D eigenvalue weighted by atomic mass is 10.1. The van der Waals surface area contributed by atoms with Crippen LogP contribution in [-0.2, 0) is 4.74 Å². The van der Waals surface area contributed by atoms with E-state index in [1.807, 2.05) is 0 Å². The molecule has 0 aliphatic heterocycles. The van der Waals surface area contributed by atoms with Gasteiger partial charge in [-0.15, -0.1) is 0 Å². The van der Waals surface area contributed by atoms with Crippen LogP contribution in [-0.4, -0.2) is 49.2 Å². The summed E-state index contributed by atoms with van der Waals surface area (Å²) in [6, 6.07) is -0.183. The normalized spacial score (nSPS) is 14.1. The Morgan fingerprint density at radius 1 is 0.826 bits per heavy atom. The number of nitrogens with one attached hydrogen (secondary N) is 1. The molecule has 0 bridgehead atoms. The second kappa shape index (κ2) is 18.2. The van der Waals surface area contributed by atoms with Crippen molar-refractivity contribution < 1.29 is 14.9 Å². The first-order chi connectivity index (χ1) is 11.3. The second-order valence-electron chi connectivity index (χ2n) is 6.61. The molecule has 0 saturated heterocycles. The fraction of sp³-hybridized carbons (Fsp3) is 1.00. The fourth-order valence-corrected chi connectivity index (χ4v) is 2.77. The van der Waals surface area contributed by atoms with Gasteiger partial charge in [0.05, 0.1) is 25.4 Å². The van der Waals surface area contributed by atoms with Crippen molar-refractivity contribution in [3.8, 4) is 0 Å². The van der Waals surface area contributed by atoms with E-state index in [0.29, 0.717) is 6.61 Å². The van der Waals surface area contributed by atoms with Gasteiger partial charge in [0.1, 0.15) is 0 Å². The van der Waals surface area contributed by atoms with Crippen molar-refractivity contribution in [3.63, 3.8) is 0 Å². The predicted molar refractivity (Wildman–Crippen MR) is 97.8 cm³/mol. The van der Waals surface area contributed by atoms with Crippen molar-refractivity contribution in [2.75, 3.05) is 26.9 Å². The predicted octanol–water partition coefficient (Wildman–Crippen LogP) is 3.65. The van der Waals surface area contributed by atoms with Gasteiger partial charge in [-0.2, -0.15) is 0 Å². The van der Waals surface area contributed by atoms with Crippen molar-refractivity contribution in [2.45, 2.75) is 96.1 Å². The molecular formula is C19H41NO3. The average molecular weight is 332 g/mol. The van der Waals surface area contributed by atoms with Gasteiger partial charge >= 0.3 is 0 Å². The minimum Gasteiger partial charge on any atom is -0.394 e. The lowest BCUT2D eigenvalue weighted by Gasteiger charge is -2.20. The molecule has 0 aliphatic carbocycles. The summed E-state index contributed by atoms with van der Waals surface area (Å²) in [6.07, 6.45) is 15.4. The van der Waals surface area contributed by atoms with Crippen molar-refractivity contribution in [2.24, 2.45) is 0 Å². The van der Waals surface area contributed by atoms with Gasteiger partial charge in [-0.1, -0.05) is 77.6 Å². The third kappa shape index (κ3) is 15.1. The third-order valence-corrected chi connectivity index (χ3v) is 4.46. The summed E-state index contributed by atoms with van der Waals surface area (Å²) in [7, 11) is 1.77. The number of rotatable bonds is 18. The number of aliphatic hydroxyl groups excluding tert-OH is 2. The van der Waals surface area contributed by atoms with Crippen LogP contribution in [0.15, 0.2) is 0 Å². The number of hydrogen-bond donors (Lipinski definition) is 3. The van der Waals surface area contributed by atoms with Crippen LogP contribution in [0.4, 0.5) is 0 Å². The number of likely N-dealkylation sites (N-methyl/N-ethyl adjacent to an activating group) is 1. The van der Waals surface area contributed by atoms with Gasteiger partial charge in [0.2, 0.25) is 0 Å². The maximum absolute atomic E-state index is 9.53. The Kier molecular flexibility index (Phi) is 18.1. The highest BCUT2D eigenvalue weighted by atomic mass is 16.5. The molecule has 3 N–H and O–H groups in total. The van der Waals surface area contributed by atoms with Crippen molar-refractivity contribution in [1.29, 1.82) is 0 Å². The molecular weight excluding hydrogens is 290 g/mol. The van der Waals surface area contributed by atoms with Gasteiger partial charge in [-0.25, -0.2) is 0 Å². The monoisotopic (exact) mass is 331 g/mol. The lowest BCUT2D eigenvalue weighted by molar-refractivity contribution is 0.0201. The molecule has 23 heavy (non-hydrogen) atoms. The van der Waals surface area contributed by atoms with Crippen LogP contribution in [0.25, 0.3) is 0 Å². The highest BCUT2D eigenvalue weighted by Crippen LogP contribution is 2.11. The summed E-state index contributed by atoms with van der Waals surface area (Å²) in [5, 5.41) is 21.4. The molecule has 0 fully saturated rings. The fourth-order valence-electron chi connectivity index (χ4n) is 2.77. The molecule has 2 unspecified atom stereocenters. The van der Waals surface area contributed by atoms with Crippen molar-refractivity contribution in [1.82, 2.24) is 5.32 Å². The summed E-state index contributed by atoms with van der Waals surface area (Å²) in [4.78, 5) is 0. The molecule has 2 atom stereocenters. The van der Waals surface area contributed by atoms with Crippen LogP contribution in [0, 0.1) is 0 Å². The first-order valence-corrected chi connectivity index (χ1v) is 9.80. The van der Waals surface area contributed by atoms with Gasteiger partial charge in [-0.3, -0.25) is 0 Å². The molecule has 0 amide bonds. The molecule has 0 aromatic rings. The zero-order valence-electron chi connectivity index (χ0n) is 15.6. The van der Waals surface area contributed by atoms with E-state index >= 15 is 0 Å². The van der Waals surface area contributed by atoms with E-state index in [-0.39, 0.29) is 12.6 Å². The van der Waals surface area contributed by atoms with E-state index in [1.165, 1.54) is 70.6 Å². The summed E-state index contributed by atoms with van der Waals surface area (Å²) in [5.74, 6) is 0. The van der Waals surface area contributed by atoms with Crippen LogP contribution in [0.2, 0.25) is 0 Å². The summed E-state index contributed by atoms with van der Waals surface area (Å²) >= 11 is 0. The molecule has 4 heteroatoms. The first-order valence-electron chi connectivity index (χ1n) is 9.80. The molecule has 0 aromatic carbocycles. The van der Waals surface area contributed by atoms with Crippen LogP contribution >= 0.6 is 0 Å². The zero-order chi connectivity index (χ0) is 17.2. The van der Waals surface area contributed by atoms with Gasteiger partial charge in [-0.05, 0) is 13.5 Å². The number of unbranched alkanes of at least 4 members (excludes halogenated alkanes) is 11. The van der Waals surface area contributed by atoms with E-state index in [2.05, 4.69) is 12.2 Å². The molecule has 140 valence electrons. The Bertz CT molecular complexity index is 227. The van der Waals surface area contributed by atoms with Crippen molar-refractivity contribution >= 4 is 0 Å². The largest absolute Gasteiger partial charge is 0.394 e. The Labute approximate surface area is 144 Å². The van der Waals surface area contributed by atoms with Crippen LogP contribution < -0.4 is 5.32 Å². The van der Waals surface area contributed by atoms with E-state index < -0.39 is 6.10 Å². The van der Waals surface area contributed by atoms with Crippen LogP contribution in [0.1, 0.15) is 84.0 Å². The summed E-state index contributed by atoms with van der Waals surface area (Å²) < 4.78 is 5.57. The standard InChI is InChI=1S/C19H41NO3/c1-3-4-5-6-7-8-9-10-11-12-13-14-15-23-17-18(20-2)19(22)16-21/h18-22H,3-17H2,1-2H3. The second-order valence-corrected chi connectivity index (χ2v) is 6.61. The summed E-state index contributed by atoms with van der Waals surface area (Å²) in [6.45, 7) is 3.24. The SMILES string of the molecule is CCCCCCCCCCCCCCOCC(NC)C(O)CO. The van der Waals surface area contributed by atoms with E-state index in [0.717, 1.165) is 13.0 Å². The maximum atomic E-state index is 9.53. The Hall–Kier alpha value is -0.160. The summed E-state index contributed by atoms with van der Waals surface area (Å²) in [5.41, 5.74) is 0. The number of hydrogen-bond acceptors (Lipinski definition) is 4. The highest BCUT2D eigenvalue weighted by Gasteiger charge is 2.15. The molecule has 0 heterocycles. The van der Waals surface area contributed by atoms with Crippen LogP contribution in [0.5, 0.6) is 0 Å².